The zero-order valence-electron chi connectivity index (χ0n) is 11.3. The Balaban J connectivity index is 1.69. The molecule has 0 saturated heterocycles. The van der Waals surface area contributed by atoms with E-state index in [0.29, 0.717) is 24.1 Å². The number of carbonyl (C=O) groups is 1. The average Bonchev–Trinajstić information content (AvgIpc) is 3.03. The molecule has 0 radical (unpaired) electrons. The molecular weight excluding hydrogens is 240 g/mol. The number of nitrogens with one attached hydrogen (secondary N) is 1. The van der Waals surface area contributed by atoms with Crippen molar-refractivity contribution >= 4 is 11.6 Å². The predicted molar refractivity (Wildman–Crippen MR) is 73.0 cm³/mol. The van der Waals surface area contributed by atoms with Crippen LogP contribution in [0.4, 0.5) is 5.69 Å². The summed E-state index contributed by atoms with van der Waals surface area (Å²) in [6, 6.07) is 3.67. The monoisotopic (exact) mass is 260 g/mol. The summed E-state index contributed by atoms with van der Waals surface area (Å²) < 4.78 is 5.44. The van der Waals surface area contributed by atoms with Crippen molar-refractivity contribution in [2.24, 2.45) is 17.8 Å². The van der Waals surface area contributed by atoms with Gasteiger partial charge in [-0.25, -0.2) is 4.98 Å². The van der Waals surface area contributed by atoms with Gasteiger partial charge in [-0.2, -0.15) is 0 Å². The van der Waals surface area contributed by atoms with Gasteiger partial charge in [0.1, 0.15) is 5.69 Å². The lowest BCUT2D eigenvalue weighted by Crippen LogP contribution is -2.27. The number of hydrogen-bond acceptors (Lipinski definition) is 3. The van der Waals surface area contributed by atoms with Crippen molar-refractivity contribution in [1.82, 2.24) is 4.98 Å². The maximum Gasteiger partial charge on any atom is 0.237 e. The fourth-order valence-electron chi connectivity index (χ4n) is 3.53. The van der Waals surface area contributed by atoms with Gasteiger partial charge in [0, 0.05) is 12.1 Å². The molecule has 1 amide bonds. The van der Waals surface area contributed by atoms with Gasteiger partial charge in [0.25, 0.3) is 0 Å². The van der Waals surface area contributed by atoms with Gasteiger partial charge in [0.2, 0.25) is 11.8 Å². The molecule has 0 spiro atoms. The van der Waals surface area contributed by atoms with Crippen LogP contribution in [0.3, 0.4) is 0 Å². The summed E-state index contributed by atoms with van der Waals surface area (Å²) in [7, 11) is 0. The number of pyridine rings is 1. The van der Waals surface area contributed by atoms with Gasteiger partial charge in [-0.1, -0.05) is 6.42 Å². The van der Waals surface area contributed by atoms with Crippen LogP contribution in [0.1, 0.15) is 32.6 Å². The van der Waals surface area contributed by atoms with Crippen molar-refractivity contribution in [2.45, 2.75) is 32.6 Å². The second-order valence-corrected chi connectivity index (χ2v) is 5.56. The van der Waals surface area contributed by atoms with Gasteiger partial charge < -0.3 is 10.1 Å². The third-order valence-electron chi connectivity index (χ3n) is 4.38. The van der Waals surface area contributed by atoms with E-state index in [1.165, 1.54) is 19.3 Å². The van der Waals surface area contributed by atoms with Crippen molar-refractivity contribution < 1.29 is 9.53 Å². The first kappa shape index (κ1) is 12.5. The fraction of sp³-hybridized carbons (Fsp3) is 0.600. The van der Waals surface area contributed by atoms with Crippen LogP contribution in [0.15, 0.2) is 18.3 Å². The molecular formula is C15H20N2O2. The fourth-order valence-corrected chi connectivity index (χ4v) is 3.53. The Hall–Kier alpha value is -1.58. The molecule has 3 atom stereocenters. The molecule has 2 aliphatic rings. The Bertz CT molecular complexity index is 475. The lowest BCUT2D eigenvalue weighted by Gasteiger charge is -2.21. The minimum absolute atomic E-state index is 0.140. The zero-order chi connectivity index (χ0) is 13.2. The van der Waals surface area contributed by atoms with Crippen LogP contribution in [0.2, 0.25) is 0 Å². The largest absolute Gasteiger partial charge is 0.476 e. The van der Waals surface area contributed by atoms with Gasteiger partial charge in [-0.3, -0.25) is 4.79 Å². The van der Waals surface area contributed by atoms with Crippen molar-refractivity contribution in [2.75, 3.05) is 11.9 Å². The summed E-state index contributed by atoms with van der Waals surface area (Å²) >= 11 is 0. The molecule has 1 aromatic heterocycles. The maximum absolute atomic E-state index is 12.4. The van der Waals surface area contributed by atoms with Crippen LogP contribution in [-0.2, 0) is 4.79 Å². The first-order valence-electron chi connectivity index (χ1n) is 7.16. The zero-order valence-corrected chi connectivity index (χ0v) is 11.3. The summed E-state index contributed by atoms with van der Waals surface area (Å²) in [6.07, 6.45) is 6.50. The molecule has 0 aromatic carbocycles. The minimum Gasteiger partial charge on any atom is -0.476 e. The van der Waals surface area contributed by atoms with Crippen LogP contribution in [0, 0.1) is 17.8 Å². The molecule has 2 bridgehead atoms. The highest BCUT2D eigenvalue weighted by Crippen LogP contribution is 2.48. The number of ether oxygens (including phenoxy) is 1. The van der Waals surface area contributed by atoms with Crippen LogP contribution in [-0.4, -0.2) is 17.5 Å². The van der Waals surface area contributed by atoms with E-state index in [9.17, 15) is 4.79 Å². The van der Waals surface area contributed by atoms with Crippen molar-refractivity contribution in [3.05, 3.63) is 18.3 Å². The van der Waals surface area contributed by atoms with E-state index in [1.54, 1.807) is 6.20 Å². The molecule has 0 aliphatic heterocycles. The summed E-state index contributed by atoms with van der Waals surface area (Å²) in [5.41, 5.74) is 0.692. The number of aromatic nitrogens is 1. The quantitative estimate of drug-likeness (QED) is 0.905. The minimum atomic E-state index is 0.140. The van der Waals surface area contributed by atoms with Gasteiger partial charge >= 0.3 is 0 Å². The Kier molecular flexibility index (Phi) is 3.40. The summed E-state index contributed by atoms with van der Waals surface area (Å²) in [5.74, 6) is 2.22. The smallest absolute Gasteiger partial charge is 0.237 e. The number of rotatable bonds is 4. The molecule has 1 N–H and O–H groups in total. The first-order chi connectivity index (χ1) is 9.28. The molecule has 2 aliphatic carbocycles. The van der Waals surface area contributed by atoms with Crippen LogP contribution in [0.5, 0.6) is 5.88 Å². The van der Waals surface area contributed by atoms with Crippen molar-refractivity contribution in [3.8, 4) is 5.88 Å². The molecule has 4 nitrogen and oxygen atoms in total. The van der Waals surface area contributed by atoms with E-state index in [2.05, 4.69) is 10.3 Å². The molecule has 2 saturated carbocycles. The van der Waals surface area contributed by atoms with Gasteiger partial charge in [0.05, 0.1) is 6.61 Å². The topological polar surface area (TPSA) is 51.2 Å². The van der Waals surface area contributed by atoms with Gasteiger partial charge in [-0.05, 0) is 50.2 Å². The van der Waals surface area contributed by atoms with Crippen molar-refractivity contribution in [1.29, 1.82) is 0 Å². The molecule has 2 fully saturated rings. The standard InChI is InChI=1S/C15H20N2O2/c1-2-19-15-13(4-3-7-16-15)17-14(18)12-9-10-5-6-11(12)8-10/h3-4,7,10-12H,2,5-6,8-9H2,1H3,(H,17,18)/t10-,11-,12+/m0/s1. The highest BCUT2D eigenvalue weighted by Gasteiger charge is 2.43. The average molecular weight is 260 g/mol. The molecule has 1 aromatic rings. The molecule has 3 rings (SSSR count). The molecule has 0 unspecified atom stereocenters. The van der Waals surface area contributed by atoms with E-state index < -0.39 is 0 Å². The Morgan fingerprint density at radius 3 is 3.05 bits per heavy atom. The summed E-state index contributed by atoms with van der Waals surface area (Å²) in [4.78, 5) is 16.5. The summed E-state index contributed by atoms with van der Waals surface area (Å²) in [5, 5.41) is 3.00. The van der Waals surface area contributed by atoms with E-state index in [0.717, 1.165) is 12.3 Å². The lowest BCUT2D eigenvalue weighted by atomic mass is 9.88. The number of carbonyl (C=O) groups excluding carboxylic acids is 1. The van der Waals surface area contributed by atoms with E-state index in [-0.39, 0.29) is 11.8 Å². The van der Waals surface area contributed by atoms with Crippen molar-refractivity contribution in [3.63, 3.8) is 0 Å². The highest BCUT2D eigenvalue weighted by atomic mass is 16.5. The normalized spacial score (nSPS) is 28.4. The highest BCUT2D eigenvalue weighted by molar-refractivity contribution is 5.94. The maximum atomic E-state index is 12.4. The molecule has 102 valence electrons. The van der Waals surface area contributed by atoms with Gasteiger partial charge in [-0.15, -0.1) is 0 Å². The van der Waals surface area contributed by atoms with Crippen LogP contribution < -0.4 is 10.1 Å². The second-order valence-electron chi connectivity index (χ2n) is 5.56. The molecule has 19 heavy (non-hydrogen) atoms. The summed E-state index contributed by atoms with van der Waals surface area (Å²) in [6.45, 7) is 2.46. The number of nitrogens with zero attached hydrogens (tertiary/aromatic N) is 1. The van der Waals surface area contributed by atoms with Crippen LogP contribution in [0.25, 0.3) is 0 Å². The predicted octanol–water partition coefficient (Wildman–Crippen LogP) is 2.86. The second kappa shape index (κ2) is 5.19. The lowest BCUT2D eigenvalue weighted by molar-refractivity contribution is -0.121. The Labute approximate surface area is 113 Å². The number of hydrogen-bond donors (Lipinski definition) is 1. The molecule has 4 heteroatoms. The first-order valence-corrected chi connectivity index (χ1v) is 7.16. The van der Waals surface area contributed by atoms with E-state index >= 15 is 0 Å². The third kappa shape index (κ3) is 2.44. The number of amides is 1. The SMILES string of the molecule is CCOc1ncccc1NC(=O)[C@@H]1C[C@H]2CC[C@H]1C2. The van der Waals surface area contributed by atoms with E-state index in [4.69, 9.17) is 4.74 Å². The Morgan fingerprint density at radius 1 is 1.47 bits per heavy atom. The Morgan fingerprint density at radius 2 is 2.37 bits per heavy atom. The number of fused-ring (bicyclic) bond motifs is 2. The molecule has 1 heterocycles. The number of anilines is 1. The van der Waals surface area contributed by atoms with Crippen LogP contribution >= 0.6 is 0 Å². The third-order valence-corrected chi connectivity index (χ3v) is 4.38. The van der Waals surface area contributed by atoms with Gasteiger partial charge in [0.15, 0.2) is 0 Å². The van der Waals surface area contributed by atoms with E-state index in [1.807, 2.05) is 19.1 Å².